The van der Waals surface area contributed by atoms with Gasteiger partial charge in [-0.05, 0) is 36.0 Å². The van der Waals surface area contributed by atoms with Crippen molar-refractivity contribution in [2.75, 3.05) is 18.2 Å². The van der Waals surface area contributed by atoms with Crippen LogP contribution in [0.4, 0.5) is 24.5 Å². The van der Waals surface area contributed by atoms with Crippen LogP contribution in [0.3, 0.4) is 0 Å². The largest absolute Gasteiger partial charge is 0.550 e. The van der Waals surface area contributed by atoms with Crippen LogP contribution in [-0.2, 0) is 22.3 Å². The Balaban J connectivity index is 2.26. The van der Waals surface area contributed by atoms with E-state index in [2.05, 4.69) is 10.6 Å². The maximum atomic E-state index is 13.0. The predicted octanol–water partition coefficient (Wildman–Crippen LogP) is 2.60. The molecule has 2 rings (SSSR count). The van der Waals surface area contributed by atoms with E-state index < -0.39 is 30.2 Å². The second kappa shape index (κ2) is 9.57. The van der Waals surface area contributed by atoms with E-state index in [1.807, 2.05) is 0 Å². The van der Waals surface area contributed by atoms with Gasteiger partial charge in [-0.1, -0.05) is 24.3 Å². The first kappa shape index (κ1) is 22.4. The lowest BCUT2D eigenvalue weighted by molar-refractivity contribution is -0.306. The molecule has 0 saturated heterocycles. The number of nitrogens with one attached hydrogen (secondary N) is 2. The molecule has 1 unspecified atom stereocenters. The Hall–Kier alpha value is -2.85. The normalized spacial score (nSPS) is 12.3. The number of para-hydroxylation sites is 1. The van der Waals surface area contributed by atoms with Crippen molar-refractivity contribution < 1.29 is 27.8 Å². The van der Waals surface area contributed by atoms with Crippen LogP contribution in [0.25, 0.3) is 0 Å². The highest BCUT2D eigenvalue weighted by Gasteiger charge is 2.31. The number of benzene rings is 2. The number of carboxylic acid groups (broad SMARTS) is 1. The van der Waals surface area contributed by atoms with Gasteiger partial charge in [0.05, 0.1) is 29.6 Å². The lowest BCUT2D eigenvalue weighted by Gasteiger charge is -2.23. The Bertz CT molecular complexity index is 890. The van der Waals surface area contributed by atoms with E-state index in [0.29, 0.717) is 16.9 Å². The summed E-state index contributed by atoms with van der Waals surface area (Å²) < 4.78 is 44.1. The molecule has 4 N–H and O–H groups in total. The van der Waals surface area contributed by atoms with Gasteiger partial charge in [0.25, 0.3) is 0 Å². The lowest BCUT2D eigenvalue weighted by Crippen LogP contribution is -2.36. The molecule has 2 aromatic carbocycles. The van der Waals surface area contributed by atoms with Crippen LogP contribution in [-0.4, -0.2) is 18.2 Å². The van der Waals surface area contributed by atoms with Gasteiger partial charge in [0.2, 0.25) is 0 Å². The van der Waals surface area contributed by atoms with Gasteiger partial charge in [-0.15, -0.1) is 0 Å². The predicted molar refractivity (Wildman–Crippen MR) is 105 cm³/mol. The van der Waals surface area contributed by atoms with Gasteiger partial charge in [-0.3, -0.25) is 0 Å². The molecule has 156 valence electrons. The number of rotatable bonds is 7. The Morgan fingerprint density at radius 3 is 2.59 bits per heavy atom. The molecular formula is C19H19F3N3O3S-. The summed E-state index contributed by atoms with van der Waals surface area (Å²) in [6, 6.07) is 8.43. The first-order valence-corrected chi connectivity index (χ1v) is 8.83. The van der Waals surface area contributed by atoms with Crippen LogP contribution in [0.5, 0.6) is 0 Å². The van der Waals surface area contributed by atoms with Crippen LogP contribution in [0.2, 0.25) is 0 Å². The lowest BCUT2D eigenvalue weighted by atomic mass is 10.0. The minimum absolute atomic E-state index is 0.0103. The molecule has 0 saturated carbocycles. The number of aliphatic carboxylic acids is 1. The van der Waals surface area contributed by atoms with Crippen LogP contribution >= 0.6 is 12.2 Å². The smallest absolute Gasteiger partial charge is 0.416 e. The van der Waals surface area contributed by atoms with Gasteiger partial charge in [0, 0.05) is 25.1 Å². The van der Waals surface area contributed by atoms with E-state index >= 15 is 0 Å². The van der Waals surface area contributed by atoms with E-state index in [0.717, 1.165) is 12.1 Å². The van der Waals surface area contributed by atoms with Crippen molar-refractivity contribution in [1.29, 1.82) is 0 Å². The number of ether oxygens (including phenoxy) is 1. The van der Waals surface area contributed by atoms with Gasteiger partial charge < -0.3 is 31.0 Å². The van der Waals surface area contributed by atoms with Crippen LogP contribution in [0.1, 0.15) is 29.2 Å². The zero-order valence-corrected chi connectivity index (χ0v) is 16.2. The molecule has 0 radical (unpaired) electrons. The summed E-state index contributed by atoms with van der Waals surface area (Å²) in [5.41, 5.74) is 6.70. The molecular weight excluding hydrogens is 407 g/mol. The van der Waals surface area contributed by atoms with Crippen LogP contribution in [0.15, 0.2) is 42.5 Å². The zero-order valence-electron chi connectivity index (χ0n) is 15.4. The first-order chi connectivity index (χ1) is 13.6. The van der Waals surface area contributed by atoms with Crippen molar-refractivity contribution in [3.8, 4) is 0 Å². The van der Waals surface area contributed by atoms with Crippen LogP contribution < -0.4 is 21.5 Å². The quantitative estimate of drug-likeness (QED) is 0.462. The summed E-state index contributed by atoms with van der Waals surface area (Å²) in [5.74, 6) is -1.44. The average molecular weight is 426 g/mol. The van der Waals surface area contributed by atoms with Crippen molar-refractivity contribution in [2.45, 2.75) is 25.2 Å². The molecule has 0 aliphatic carbocycles. The number of carboxylic acids is 1. The summed E-state index contributed by atoms with van der Waals surface area (Å²) in [7, 11) is 1.51. The average Bonchev–Trinajstić information content (AvgIpc) is 2.63. The van der Waals surface area contributed by atoms with Gasteiger partial charge in [-0.2, -0.15) is 13.2 Å². The molecule has 29 heavy (non-hydrogen) atoms. The van der Waals surface area contributed by atoms with Gasteiger partial charge >= 0.3 is 6.18 Å². The minimum Gasteiger partial charge on any atom is -0.550 e. The second-order valence-electron chi connectivity index (χ2n) is 6.16. The summed E-state index contributed by atoms with van der Waals surface area (Å²) in [4.78, 5) is 11.1. The number of anilines is 2. The molecule has 0 amide bonds. The van der Waals surface area contributed by atoms with E-state index in [1.165, 1.54) is 19.2 Å². The highest BCUT2D eigenvalue weighted by atomic mass is 32.1. The highest BCUT2D eigenvalue weighted by molar-refractivity contribution is 7.80. The van der Waals surface area contributed by atoms with Gasteiger partial charge in [0.15, 0.2) is 5.11 Å². The number of halogens is 3. The Kier molecular flexibility index (Phi) is 7.40. The molecule has 0 aromatic heterocycles. The molecule has 10 heteroatoms. The van der Waals surface area contributed by atoms with Crippen LogP contribution in [0, 0.1) is 0 Å². The molecule has 2 aromatic rings. The number of methoxy groups -OCH3 is 1. The maximum Gasteiger partial charge on any atom is 0.416 e. The Morgan fingerprint density at radius 1 is 1.28 bits per heavy atom. The maximum absolute atomic E-state index is 13.0. The van der Waals surface area contributed by atoms with Crippen molar-refractivity contribution in [3.05, 3.63) is 59.2 Å². The number of alkyl halides is 3. The molecule has 0 aliphatic rings. The molecule has 0 heterocycles. The SMILES string of the molecule is COCc1cccc(N)c1NC(=S)NC(CC(=O)[O-])c1cccc(C(F)(F)F)c1. The second-order valence-corrected chi connectivity index (χ2v) is 6.57. The third kappa shape index (κ3) is 6.33. The standard InChI is InChI=1S/C19H20F3N3O3S/c1-28-10-12-5-3-7-14(23)17(12)25-18(29)24-15(9-16(26)27)11-4-2-6-13(8-11)19(20,21)22/h2-8,15H,9-10,23H2,1H3,(H,26,27)(H2,24,25,29)/p-1. The minimum atomic E-state index is -4.56. The first-order valence-electron chi connectivity index (χ1n) is 8.42. The summed E-state index contributed by atoms with van der Waals surface area (Å²) in [6.45, 7) is 0.242. The molecule has 6 nitrogen and oxygen atoms in total. The topological polar surface area (TPSA) is 99.4 Å². The molecule has 0 bridgehead atoms. The summed E-state index contributed by atoms with van der Waals surface area (Å²) in [5, 5.41) is 16.7. The fraction of sp³-hybridized carbons (Fsp3) is 0.263. The van der Waals surface area contributed by atoms with Crippen molar-refractivity contribution in [3.63, 3.8) is 0 Å². The van der Waals surface area contributed by atoms with Crippen molar-refractivity contribution >= 4 is 34.7 Å². The number of carbonyl (C=O) groups excluding carboxylic acids is 1. The van der Waals surface area contributed by atoms with E-state index in [9.17, 15) is 23.1 Å². The molecule has 1 atom stereocenters. The summed E-state index contributed by atoms with van der Waals surface area (Å²) in [6.07, 6.45) is -5.15. The van der Waals surface area contributed by atoms with E-state index in [1.54, 1.807) is 18.2 Å². The van der Waals surface area contributed by atoms with E-state index in [4.69, 9.17) is 22.7 Å². The number of hydrogen-bond donors (Lipinski definition) is 3. The number of nitrogen functional groups attached to an aromatic ring is 1. The van der Waals surface area contributed by atoms with Crippen molar-refractivity contribution in [2.24, 2.45) is 0 Å². The van der Waals surface area contributed by atoms with Gasteiger partial charge in [0.1, 0.15) is 0 Å². The number of hydrogen-bond acceptors (Lipinski definition) is 5. The zero-order chi connectivity index (χ0) is 21.6. The molecule has 0 aliphatic heterocycles. The number of nitrogens with two attached hydrogens (primary N) is 1. The molecule has 0 fully saturated rings. The molecule has 0 spiro atoms. The monoisotopic (exact) mass is 426 g/mol. The third-order valence-corrected chi connectivity index (χ3v) is 4.23. The summed E-state index contributed by atoms with van der Waals surface area (Å²) >= 11 is 5.22. The highest BCUT2D eigenvalue weighted by Crippen LogP contribution is 2.31. The Labute approximate surface area is 170 Å². The van der Waals surface area contributed by atoms with E-state index in [-0.39, 0.29) is 17.3 Å². The Morgan fingerprint density at radius 2 is 1.97 bits per heavy atom. The number of thiocarbonyl (C=S) groups is 1. The van der Waals surface area contributed by atoms with Crippen molar-refractivity contribution in [1.82, 2.24) is 5.32 Å². The number of carbonyl (C=O) groups is 1. The third-order valence-electron chi connectivity index (χ3n) is 4.01. The fourth-order valence-corrected chi connectivity index (χ4v) is 2.95. The van der Waals surface area contributed by atoms with Gasteiger partial charge in [-0.25, -0.2) is 0 Å². The fourth-order valence-electron chi connectivity index (χ4n) is 2.71.